The van der Waals surface area contributed by atoms with Gasteiger partial charge in [0.15, 0.2) is 0 Å². The summed E-state index contributed by atoms with van der Waals surface area (Å²) in [6.45, 7) is 3.41. The molecular weight excluding hydrogens is 268 g/mol. The van der Waals surface area contributed by atoms with Gasteiger partial charge in [-0.05, 0) is 37.0 Å². The fourth-order valence-corrected chi connectivity index (χ4v) is 2.60. The molecule has 2 amide bonds. The minimum atomic E-state index is -0.0924. The third kappa shape index (κ3) is 4.44. The van der Waals surface area contributed by atoms with Crippen LogP contribution in [0.2, 0.25) is 0 Å². The van der Waals surface area contributed by atoms with Crippen LogP contribution in [0, 0.1) is 5.92 Å². The van der Waals surface area contributed by atoms with Crippen LogP contribution in [0.4, 0.5) is 5.82 Å². The fraction of sp³-hybridized carbons (Fsp3) is 0.533. The van der Waals surface area contributed by atoms with E-state index in [0.29, 0.717) is 18.9 Å². The van der Waals surface area contributed by atoms with Crippen LogP contribution in [0.5, 0.6) is 0 Å². The zero-order chi connectivity index (χ0) is 15.2. The van der Waals surface area contributed by atoms with E-state index in [1.165, 1.54) is 0 Å². The summed E-state index contributed by atoms with van der Waals surface area (Å²) in [5.74, 6) is 0.469. The van der Waals surface area contributed by atoms with Crippen molar-refractivity contribution in [1.29, 1.82) is 0 Å². The number of nitrogens with zero attached hydrogens (tertiary/aromatic N) is 2. The van der Waals surface area contributed by atoms with Gasteiger partial charge in [-0.15, -0.1) is 0 Å². The predicted octanol–water partition coefficient (Wildman–Crippen LogP) is 0.581. The minimum Gasteiger partial charge on any atom is -0.384 e. The summed E-state index contributed by atoms with van der Waals surface area (Å²) in [6, 6.07) is 3.70. The van der Waals surface area contributed by atoms with E-state index in [1.54, 1.807) is 18.0 Å². The van der Waals surface area contributed by atoms with E-state index < -0.39 is 0 Å². The van der Waals surface area contributed by atoms with Crippen molar-refractivity contribution in [3.05, 3.63) is 23.9 Å². The number of amides is 2. The average molecular weight is 290 g/mol. The first-order chi connectivity index (χ1) is 10.1. The molecule has 6 heteroatoms. The maximum absolute atomic E-state index is 12.1. The fourth-order valence-electron chi connectivity index (χ4n) is 2.60. The monoisotopic (exact) mass is 290 g/mol. The van der Waals surface area contributed by atoms with E-state index in [4.69, 9.17) is 5.73 Å². The van der Waals surface area contributed by atoms with Gasteiger partial charge in [0, 0.05) is 32.8 Å². The Bertz CT molecular complexity index is 518. The molecule has 2 heterocycles. The standard InChI is InChI=1S/C15H22N4O2/c1-11(20)19-8-2-3-13(10-19)15(21)18-7-5-12-4-6-17-14(16)9-12/h4,6,9,13H,2-3,5,7-8,10H2,1H3,(H2,16,17)(H,18,21). The molecule has 1 fully saturated rings. The van der Waals surface area contributed by atoms with E-state index in [-0.39, 0.29) is 17.7 Å². The topological polar surface area (TPSA) is 88.3 Å². The molecule has 1 aromatic rings. The van der Waals surface area contributed by atoms with Gasteiger partial charge in [0.05, 0.1) is 5.92 Å². The number of rotatable bonds is 4. The van der Waals surface area contributed by atoms with Crippen LogP contribution < -0.4 is 11.1 Å². The quantitative estimate of drug-likeness (QED) is 0.849. The van der Waals surface area contributed by atoms with Gasteiger partial charge in [-0.25, -0.2) is 4.98 Å². The van der Waals surface area contributed by atoms with Crippen molar-refractivity contribution in [2.24, 2.45) is 5.92 Å². The van der Waals surface area contributed by atoms with Crippen molar-refractivity contribution in [2.75, 3.05) is 25.4 Å². The summed E-state index contributed by atoms with van der Waals surface area (Å²) >= 11 is 0. The van der Waals surface area contributed by atoms with Crippen molar-refractivity contribution in [2.45, 2.75) is 26.2 Å². The van der Waals surface area contributed by atoms with E-state index in [0.717, 1.165) is 31.4 Å². The molecule has 0 radical (unpaired) electrons. The maximum Gasteiger partial charge on any atom is 0.224 e. The van der Waals surface area contributed by atoms with E-state index in [9.17, 15) is 9.59 Å². The summed E-state index contributed by atoms with van der Waals surface area (Å²) in [5, 5.41) is 2.94. The van der Waals surface area contributed by atoms with Crippen molar-refractivity contribution in [3.8, 4) is 0 Å². The van der Waals surface area contributed by atoms with E-state index in [1.807, 2.05) is 12.1 Å². The number of hydrogen-bond acceptors (Lipinski definition) is 4. The highest BCUT2D eigenvalue weighted by Crippen LogP contribution is 2.16. The number of nitrogens with one attached hydrogen (secondary N) is 1. The Morgan fingerprint density at radius 1 is 1.52 bits per heavy atom. The van der Waals surface area contributed by atoms with Gasteiger partial charge in [0.1, 0.15) is 5.82 Å². The van der Waals surface area contributed by atoms with Crippen molar-refractivity contribution >= 4 is 17.6 Å². The molecule has 0 aromatic carbocycles. The van der Waals surface area contributed by atoms with Crippen LogP contribution in [-0.4, -0.2) is 41.3 Å². The first-order valence-electron chi connectivity index (χ1n) is 7.30. The molecule has 3 N–H and O–H groups in total. The van der Waals surface area contributed by atoms with Gasteiger partial charge in [-0.2, -0.15) is 0 Å². The normalized spacial score (nSPS) is 18.3. The zero-order valence-electron chi connectivity index (χ0n) is 12.3. The number of hydrogen-bond donors (Lipinski definition) is 2. The van der Waals surface area contributed by atoms with Crippen LogP contribution >= 0.6 is 0 Å². The molecule has 1 aliphatic heterocycles. The van der Waals surface area contributed by atoms with Crippen molar-refractivity contribution in [1.82, 2.24) is 15.2 Å². The summed E-state index contributed by atoms with van der Waals surface area (Å²) in [7, 11) is 0. The zero-order valence-corrected chi connectivity index (χ0v) is 12.3. The average Bonchev–Trinajstić information content (AvgIpc) is 2.47. The molecule has 0 aliphatic carbocycles. The number of nitrogens with two attached hydrogens (primary N) is 1. The molecule has 1 aromatic heterocycles. The lowest BCUT2D eigenvalue weighted by Gasteiger charge is -2.31. The largest absolute Gasteiger partial charge is 0.384 e. The molecule has 1 aliphatic rings. The summed E-state index contributed by atoms with van der Waals surface area (Å²) < 4.78 is 0. The molecule has 2 rings (SSSR count). The van der Waals surface area contributed by atoms with Crippen molar-refractivity contribution in [3.63, 3.8) is 0 Å². The molecule has 0 saturated carbocycles. The third-order valence-corrected chi connectivity index (χ3v) is 3.80. The lowest BCUT2D eigenvalue weighted by Crippen LogP contribution is -2.45. The summed E-state index contributed by atoms with van der Waals surface area (Å²) in [6.07, 6.45) is 4.12. The van der Waals surface area contributed by atoms with Gasteiger partial charge in [-0.3, -0.25) is 9.59 Å². The highest BCUT2D eigenvalue weighted by atomic mass is 16.2. The van der Waals surface area contributed by atoms with Crippen LogP contribution in [0.15, 0.2) is 18.3 Å². The number of carbonyl (C=O) groups is 2. The Kier molecular flexibility index (Phi) is 5.14. The second-order valence-electron chi connectivity index (χ2n) is 5.43. The Hall–Kier alpha value is -2.11. The second kappa shape index (κ2) is 7.06. The minimum absolute atomic E-state index is 0.0305. The van der Waals surface area contributed by atoms with Gasteiger partial charge >= 0.3 is 0 Å². The van der Waals surface area contributed by atoms with Crippen LogP contribution in [0.25, 0.3) is 0 Å². The SMILES string of the molecule is CC(=O)N1CCCC(C(=O)NCCc2ccnc(N)c2)C1. The van der Waals surface area contributed by atoms with Gasteiger partial charge in [0.2, 0.25) is 11.8 Å². The number of nitrogen functional groups attached to an aromatic ring is 1. The highest BCUT2D eigenvalue weighted by Gasteiger charge is 2.26. The lowest BCUT2D eigenvalue weighted by atomic mass is 9.97. The van der Waals surface area contributed by atoms with Gasteiger partial charge in [-0.1, -0.05) is 0 Å². The number of anilines is 1. The number of aromatic nitrogens is 1. The van der Waals surface area contributed by atoms with Crippen LogP contribution in [0.1, 0.15) is 25.3 Å². The molecule has 1 saturated heterocycles. The Morgan fingerprint density at radius 2 is 2.33 bits per heavy atom. The predicted molar refractivity (Wildman–Crippen MR) is 80.3 cm³/mol. The number of carbonyl (C=O) groups excluding carboxylic acids is 2. The lowest BCUT2D eigenvalue weighted by molar-refractivity contribution is -0.133. The van der Waals surface area contributed by atoms with Gasteiger partial charge < -0.3 is 16.0 Å². The molecule has 21 heavy (non-hydrogen) atoms. The molecule has 1 unspecified atom stereocenters. The Morgan fingerprint density at radius 3 is 3.05 bits per heavy atom. The third-order valence-electron chi connectivity index (χ3n) is 3.80. The number of piperidine rings is 1. The van der Waals surface area contributed by atoms with Crippen molar-refractivity contribution < 1.29 is 9.59 Å². The molecular formula is C15H22N4O2. The molecule has 6 nitrogen and oxygen atoms in total. The first kappa shape index (κ1) is 15.3. The van der Waals surface area contributed by atoms with Gasteiger partial charge in [0.25, 0.3) is 0 Å². The number of likely N-dealkylation sites (tertiary alicyclic amines) is 1. The number of pyridine rings is 1. The maximum atomic E-state index is 12.1. The van der Waals surface area contributed by atoms with Crippen LogP contribution in [0.3, 0.4) is 0 Å². The smallest absolute Gasteiger partial charge is 0.224 e. The molecule has 114 valence electrons. The molecule has 0 bridgehead atoms. The first-order valence-corrected chi connectivity index (χ1v) is 7.30. The second-order valence-corrected chi connectivity index (χ2v) is 5.43. The Labute approximate surface area is 124 Å². The van der Waals surface area contributed by atoms with E-state index in [2.05, 4.69) is 10.3 Å². The summed E-state index contributed by atoms with van der Waals surface area (Å²) in [5.41, 5.74) is 6.67. The van der Waals surface area contributed by atoms with E-state index >= 15 is 0 Å². The van der Waals surface area contributed by atoms with Crippen LogP contribution in [-0.2, 0) is 16.0 Å². The molecule has 1 atom stereocenters. The Balaban J connectivity index is 1.78. The summed E-state index contributed by atoms with van der Waals surface area (Å²) in [4.78, 5) is 29.2. The highest BCUT2D eigenvalue weighted by molar-refractivity contribution is 5.80. The molecule has 0 spiro atoms.